The first-order chi connectivity index (χ1) is 18.8. The van der Waals surface area contributed by atoms with E-state index in [1.54, 1.807) is 5.48 Å². The second kappa shape index (κ2) is 15.4. The minimum Gasteiger partial charge on any atom is -0.379 e. The number of amides is 3. The normalized spacial score (nSPS) is 16.9. The number of nitrogens with one attached hydrogen (secondary N) is 3. The lowest BCUT2D eigenvalue weighted by Crippen LogP contribution is -2.59. The number of aliphatic hydroxyl groups is 1. The van der Waals surface area contributed by atoms with E-state index in [-0.39, 0.29) is 12.3 Å². The van der Waals surface area contributed by atoms with Gasteiger partial charge in [-0.25, -0.2) is 5.48 Å². The molecule has 3 rings (SSSR count). The fourth-order valence-electron chi connectivity index (χ4n) is 5.42. The minimum absolute atomic E-state index is 0.00586. The topological polar surface area (TPSA) is 128 Å². The standard InChI is InChI=1S/C31H43N3O5/c1-23(28(35)34-39)31(38,20-11-18-24-12-5-2-6-13-24)30(37)33-27(22-26-16-9-4-10-17-26)29(36)32-21-19-25-14-7-3-8-15-25/h2-3,5-8,12-15,23,26-27,38-39H,4,9-11,16-22H2,1H3,(H,32,36)(H,33,37)(H,34,35). The second-order valence-electron chi connectivity index (χ2n) is 10.8. The molecule has 3 unspecified atom stereocenters. The van der Waals surface area contributed by atoms with Crippen LogP contribution >= 0.6 is 0 Å². The van der Waals surface area contributed by atoms with Gasteiger partial charge in [-0.05, 0) is 49.1 Å². The molecule has 2 aromatic carbocycles. The van der Waals surface area contributed by atoms with Crippen molar-refractivity contribution in [3.8, 4) is 0 Å². The Morgan fingerprint density at radius 3 is 2.08 bits per heavy atom. The molecule has 1 saturated carbocycles. The largest absolute Gasteiger partial charge is 0.379 e. The molecular formula is C31H43N3O5. The highest BCUT2D eigenvalue weighted by Gasteiger charge is 2.46. The van der Waals surface area contributed by atoms with Crippen molar-refractivity contribution in [1.82, 2.24) is 16.1 Å². The molecule has 2 aromatic rings. The monoisotopic (exact) mass is 537 g/mol. The van der Waals surface area contributed by atoms with Crippen molar-refractivity contribution in [1.29, 1.82) is 0 Å². The summed E-state index contributed by atoms with van der Waals surface area (Å²) in [5.41, 5.74) is 1.61. The smallest absolute Gasteiger partial charge is 0.253 e. The Labute approximate surface area is 231 Å². The summed E-state index contributed by atoms with van der Waals surface area (Å²) >= 11 is 0. The maximum atomic E-state index is 13.6. The zero-order valence-corrected chi connectivity index (χ0v) is 22.9. The first kappa shape index (κ1) is 30.3. The molecule has 0 bridgehead atoms. The van der Waals surface area contributed by atoms with Gasteiger partial charge in [0.1, 0.15) is 6.04 Å². The van der Waals surface area contributed by atoms with Crippen molar-refractivity contribution in [2.24, 2.45) is 11.8 Å². The molecule has 0 saturated heterocycles. The lowest BCUT2D eigenvalue weighted by molar-refractivity contribution is -0.158. The zero-order valence-electron chi connectivity index (χ0n) is 22.9. The minimum atomic E-state index is -2.10. The highest BCUT2D eigenvalue weighted by atomic mass is 16.5. The SMILES string of the molecule is CC(C(=O)NO)C(O)(CCCc1ccccc1)C(=O)NC(CC1CCCCC1)C(=O)NCCc1ccccc1. The van der Waals surface area contributed by atoms with E-state index >= 15 is 0 Å². The number of aryl methyl sites for hydroxylation is 1. The third-order valence-corrected chi connectivity index (χ3v) is 7.95. The summed E-state index contributed by atoms with van der Waals surface area (Å²) in [5, 5.41) is 26.5. The predicted molar refractivity (Wildman–Crippen MR) is 150 cm³/mol. The molecule has 0 heterocycles. The van der Waals surface area contributed by atoms with Gasteiger partial charge in [-0.1, -0.05) is 99.7 Å². The van der Waals surface area contributed by atoms with Crippen LogP contribution in [0.4, 0.5) is 0 Å². The molecule has 8 heteroatoms. The third-order valence-electron chi connectivity index (χ3n) is 7.95. The predicted octanol–water partition coefficient (Wildman–Crippen LogP) is 3.70. The molecule has 5 N–H and O–H groups in total. The second-order valence-corrected chi connectivity index (χ2v) is 10.8. The molecule has 0 radical (unpaired) electrons. The van der Waals surface area contributed by atoms with E-state index < -0.39 is 29.4 Å². The molecule has 0 spiro atoms. The van der Waals surface area contributed by atoms with Crippen LogP contribution in [0.15, 0.2) is 60.7 Å². The van der Waals surface area contributed by atoms with Crippen LogP contribution in [-0.4, -0.2) is 46.2 Å². The van der Waals surface area contributed by atoms with Gasteiger partial charge in [0, 0.05) is 6.54 Å². The van der Waals surface area contributed by atoms with Gasteiger partial charge in [0.25, 0.3) is 5.91 Å². The number of carbonyl (C=O) groups is 3. The molecule has 3 amide bonds. The average Bonchev–Trinajstić information content (AvgIpc) is 2.97. The van der Waals surface area contributed by atoms with Crippen molar-refractivity contribution in [2.45, 2.75) is 82.8 Å². The molecule has 3 atom stereocenters. The van der Waals surface area contributed by atoms with Gasteiger partial charge in [-0.2, -0.15) is 0 Å². The molecular weight excluding hydrogens is 494 g/mol. The Morgan fingerprint density at radius 1 is 0.897 bits per heavy atom. The van der Waals surface area contributed by atoms with Crippen LogP contribution in [-0.2, 0) is 27.2 Å². The summed E-state index contributed by atoms with van der Waals surface area (Å²) in [4.78, 5) is 39.2. The molecule has 1 fully saturated rings. The van der Waals surface area contributed by atoms with Crippen LogP contribution in [0.25, 0.3) is 0 Å². The molecule has 212 valence electrons. The first-order valence-corrected chi connectivity index (χ1v) is 14.2. The van der Waals surface area contributed by atoms with Crippen molar-refractivity contribution in [2.75, 3.05) is 6.54 Å². The lowest BCUT2D eigenvalue weighted by atomic mass is 9.81. The summed E-state index contributed by atoms with van der Waals surface area (Å²) in [5.74, 6) is -2.85. The zero-order chi connectivity index (χ0) is 28.1. The summed E-state index contributed by atoms with van der Waals surface area (Å²) < 4.78 is 0. The Balaban J connectivity index is 1.71. The van der Waals surface area contributed by atoms with Crippen LogP contribution in [0.1, 0.15) is 69.4 Å². The molecule has 8 nitrogen and oxygen atoms in total. The first-order valence-electron chi connectivity index (χ1n) is 14.2. The molecule has 0 aromatic heterocycles. The average molecular weight is 538 g/mol. The summed E-state index contributed by atoms with van der Waals surface area (Å²) in [6, 6.07) is 18.7. The van der Waals surface area contributed by atoms with E-state index in [1.165, 1.54) is 13.3 Å². The van der Waals surface area contributed by atoms with Gasteiger partial charge >= 0.3 is 0 Å². The van der Waals surface area contributed by atoms with Crippen molar-refractivity contribution in [3.05, 3.63) is 71.8 Å². The molecule has 0 aliphatic heterocycles. The van der Waals surface area contributed by atoms with Crippen LogP contribution < -0.4 is 16.1 Å². The van der Waals surface area contributed by atoms with Crippen LogP contribution in [0.3, 0.4) is 0 Å². The van der Waals surface area contributed by atoms with Crippen molar-refractivity contribution < 1.29 is 24.7 Å². The maximum Gasteiger partial charge on any atom is 0.253 e. The van der Waals surface area contributed by atoms with E-state index in [2.05, 4.69) is 10.6 Å². The van der Waals surface area contributed by atoms with Crippen molar-refractivity contribution in [3.63, 3.8) is 0 Å². The van der Waals surface area contributed by atoms with Gasteiger partial charge in [0.05, 0.1) is 5.92 Å². The highest BCUT2D eigenvalue weighted by Crippen LogP contribution is 2.29. The molecule has 1 aliphatic carbocycles. The van der Waals surface area contributed by atoms with E-state index in [4.69, 9.17) is 0 Å². The van der Waals surface area contributed by atoms with E-state index in [9.17, 15) is 24.7 Å². The van der Waals surface area contributed by atoms with Gasteiger partial charge in [-0.15, -0.1) is 0 Å². The van der Waals surface area contributed by atoms with Crippen LogP contribution in [0.2, 0.25) is 0 Å². The van der Waals surface area contributed by atoms with Gasteiger partial charge < -0.3 is 15.7 Å². The summed E-state index contributed by atoms with van der Waals surface area (Å²) in [6.07, 6.45) is 7.53. The number of hydroxylamine groups is 1. The molecule has 39 heavy (non-hydrogen) atoms. The van der Waals surface area contributed by atoms with Crippen molar-refractivity contribution >= 4 is 17.7 Å². The molecule has 1 aliphatic rings. The van der Waals surface area contributed by atoms with Crippen LogP contribution in [0.5, 0.6) is 0 Å². The quantitative estimate of drug-likeness (QED) is 0.186. The third kappa shape index (κ3) is 9.18. The Morgan fingerprint density at radius 2 is 1.49 bits per heavy atom. The van der Waals surface area contributed by atoms with E-state index in [1.807, 2.05) is 60.7 Å². The number of benzene rings is 2. The van der Waals surface area contributed by atoms with Gasteiger partial charge in [0.2, 0.25) is 11.8 Å². The van der Waals surface area contributed by atoms with Gasteiger partial charge in [0.15, 0.2) is 5.60 Å². The maximum absolute atomic E-state index is 13.6. The van der Waals surface area contributed by atoms with Gasteiger partial charge in [-0.3, -0.25) is 19.6 Å². The fraction of sp³-hybridized carbons (Fsp3) is 0.516. The fourth-order valence-corrected chi connectivity index (χ4v) is 5.42. The Kier molecular flexibility index (Phi) is 12.0. The van der Waals surface area contributed by atoms with E-state index in [0.29, 0.717) is 38.1 Å². The number of carbonyl (C=O) groups excluding carboxylic acids is 3. The number of hydrogen-bond donors (Lipinski definition) is 5. The highest BCUT2D eigenvalue weighted by molar-refractivity contribution is 5.95. The number of rotatable bonds is 14. The van der Waals surface area contributed by atoms with E-state index in [0.717, 1.165) is 36.8 Å². The van der Waals surface area contributed by atoms with Crippen LogP contribution in [0, 0.1) is 11.8 Å². The summed E-state index contributed by atoms with van der Waals surface area (Å²) in [6.45, 7) is 1.83. The lowest BCUT2D eigenvalue weighted by Gasteiger charge is -2.34. The number of hydrogen-bond acceptors (Lipinski definition) is 5. The Bertz CT molecular complexity index is 1040. The summed E-state index contributed by atoms with van der Waals surface area (Å²) in [7, 11) is 0. The Hall–Kier alpha value is -3.23.